The largest absolute Gasteiger partial charge is 0.497 e. The molecule has 1 fully saturated rings. The number of likely N-dealkylation sites (tertiary alicyclic amines) is 1. The number of nitrogens with zero attached hydrogens (tertiary/aromatic N) is 2. The number of piperidine rings is 1. The lowest BCUT2D eigenvalue weighted by Crippen LogP contribution is -2.47. The van der Waals surface area contributed by atoms with Gasteiger partial charge in [0.15, 0.2) is 0 Å². The molecule has 0 aliphatic carbocycles. The number of rotatable bonds is 9. The third-order valence-corrected chi connectivity index (χ3v) is 6.97. The van der Waals surface area contributed by atoms with Crippen molar-refractivity contribution >= 4 is 21.6 Å². The number of anilines is 1. The summed E-state index contributed by atoms with van der Waals surface area (Å²) in [5.41, 5.74) is 2.64. The second kappa shape index (κ2) is 10.8. The third kappa shape index (κ3) is 6.46. The number of ether oxygens (including phenoxy) is 1. The van der Waals surface area contributed by atoms with Crippen LogP contribution in [0.5, 0.6) is 5.75 Å². The van der Waals surface area contributed by atoms with E-state index in [4.69, 9.17) is 4.74 Å². The lowest BCUT2D eigenvalue weighted by atomic mass is 10.1. The van der Waals surface area contributed by atoms with E-state index in [1.807, 2.05) is 12.1 Å². The van der Waals surface area contributed by atoms with Gasteiger partial charge in [0.1, 0.15) is 11.8 Å². The van der Waals surface area contributed by atoms with E-state index in [-0.39, 0.29) is 5.91 Å². The molecule has 1 heterocycles. The van der Waals surface area contributed by atoms with Crippen molar-refractivity contribution < 1.29 is 17.9 Å². The Morgan fingerprint density at radius 1 is 1.09 bits per heavy atom. The standard InChI is InChI=1S/C24H33N3O4S/c1-19(27(32(3,29)30)22-10-12-23(31-2)13-11-22)24(28)25-17-20-8-7-9-21(16-20)18-26-14-5-4-6-15-26/h7-13,16,19H,4-6,14-15,17-18H2,1-3H3,(H,25,28)/t19-/m1/s1. The maximum atomic E-state index is 12.9. The van der Waals surface area contributed by atoms with Gasteiger partial charge in [-0.25, -0.2) is 8.42 Å². The van der Waals surface area contributed by atoms with Gasteiger partial charge in [-0.2, -0.15) is 0 Å². The van der Waals surface area contributed by atoms with Gasteiger partial charge < -0.3 is 10.1 Å². The predicted molar refractivity (Wildman–Crippen MR) is 127 cm³/mol. The van der Waals surface area contributed by atoms with Gasteiger partial charge in [-0.3, -0.25) is 14.0 Å². The van der Waals surface area contributed by atoms with Crippen LogP contribution < -0.4 is 14.4 Å². The molecule has 2 aromatic carbocycles. The van der Waals surface area contributed by atoms with E-state index < -0.39 is 16.1 Å². The molecular formula is C24H33N3O4S. The molecule has 1 aliphatic rings. The Morgan fingerprint density at radius 2 is 1.75 bits per heavy atom. The number of nitrogens with one attached hydrogen (secondary N) is 1. The number of methoxy groups -OCH3 is 1. The minimum absolute atomic E-state index is 0.344. The average molecular weight is 460 g/mol. The molecule has 3 rings (SSSR count). The van der Waals surface area contributed by atoms with Crippen molar-refractivity contribution in [3.63, 3.8) is 0 Å². The summed E-state index contributed by atoms with van der Waals surface area (Å²) in [5, 5.41) is 2.89. The van der Waals surface area contributed by atoms with Crippen molar-refractivity contribution in [1.29, 1.82) is 0 Å². The molecule has 1 N–H and O–H groups in total. The molecule has 1 atom stereocenters. The SMILES string of the molecule is COc1ccc(N([C@H](C)C(=O)NCc2cccc(CN3CCCCC3)c2)S(C)(=O)=O)cc1. The van der Waals surface area contributed by atoms with Gasteiger partial charge in [-0.15, -0.1) is 0 Å². The summed E-state index contributed by atoms with van der Waals surface area (Å²) in [4.78, 5) is 15.3. The summed E-state index contributed by atoms with van der Waals surface area (Å²) < 4.78 is 31.2. The summed E-state index contributed by atoms with van der Waals surface area (Å²) in [6, 6.07) is 13.9. The first-order valence-corrected chi connectivity index (χ1v) is 12.8. The first-order chi connectivity index (χ1) is 15.3. The van der Waals surface area contributed by atoms with Crippen LogP contribution in [0.4, 0.5) is 5.69 Å². The van der Waals surface area contributed by atoms with Gasteiger partial charge in [0.05, 0.1) is 19.1 Å². The second-order valence-electron chi connectivity index (χ2n) is 8.31. The number of hydrogen-bond donors (Lipinski definition) is 1. The van der Waals surface area contributed by atoms with E-state index >= 15 is 0 Å². The smallest absolute Gasteiger partial charge is 0.243 e. The molecular weight excluding hydrogens is 426 g/mol. The lowest BCUT2D eigenvalue weighted by Gasteiger charge is -2.28. The fourth-order valence-electron chi connectivity index (χ4n) is 4.09. The van der Waals surface area contributed by atoms with Crippen LogP contribution in [0.3, 0.4) is 0 Å². The quantitative estimate of drug-likeness (QED) is 0.623. The number of hydrogen-bond acceptors (Lipinski definition) is 5. The molecule has 0 aromatic heterocycles. The van der Waals surface area contributed by atoms with Gasteiger partial charge >= 0.3 is 0 Å². The molecule has 0 spiro atoms. The Labute approximate surface area is 191 Å². The molecule has 8 heteroatoms. The molecule has 0 saturated carbocycles. The van der Waals surface area contributed by atoms with E-state index in [9.17, 15) is 13.2 Å². The van der Waals surface area contributed by atoms with Crippen LogP contribution in [0.2, 0.25) is 0 Å². The predicted octanol–water partition coefficient (Wildman–Crippen LogP) is 3.15. The molecule has 0 radical (unpaired) electrons. The Morgan fingerprint density at radius 3 is 2.38 bits per heavy atom. The van der Waals surface area contributed by atoms with Crippen LogP contribution in [-0.2, 0) is 27.9 Å². The highest BCUT2D eigenvalue weighted by atomic mass is 32.2. The van der Waals surface area contributed by atoms with Crippen molar-refractivity contribution in [3.05, 3.63) is 59.7 Å². The Kier molecular flexibility index (Phi) is 8.15. The Hall–Kier alpha value is -2.58. The number of amides is 1. The van der Waals surface area contributed by atoms with E-state index in [1.54, 1.807) is 38.3 Å². The van der Waals surface area contributed by atoms with E-state index in [2.05, 4.69) is 22.3 Å². The highest BCUT2D eigenvalue weighted by Crippen LogP contribution is 2.24. The van der Waals surface area contributed by atoms with Gasteiger partial charge in [-0.1, -0.05) is 30.7 Å². The summed E-state index contributed by atoms with van der Waals surface area (Å²) in [5.74, 6) is 0.261. The average Bonchev–Trinajstić information content (AvgIpc) is 2.78. The number of carbonyl (C=O) groups excluding carboxylic acids is 1. The Bertz CT molecular complexity index is 1000. The fourth-order valence-corrected chi connectivity index (χ4v) is 5.26. The zero-order valence-corrected chi connectivity index (χ0v) is 19.9. The Balaban J connectivity index is 1.65. The normalized spacial score (nSPS) is 15.7. The zero-order valence-electron chi connectivity index (χ0n) is 19.1. The van der Waals surface area contributed by atoms with E-state index in [1.165, 1.54) is 24.8 Å². The van der Waals surface area contributed by atoms with Crippen LogP contribution in [0, 0.1) is 0 Å². The first-order valence-electron chi connectivity index (χ1n) is 11.0. The van der Waals surface area contributed by atoms with E-state index in [0.717, 1.165) is 35.8 Å². The van der Waals surface area contributed by atoms with Gasteiger partial charge in [0.25, 0.3) is 0 Å². The maximum Gasteiger partial charge on any atom is 0.243 e. The molecule has 1 saturated heterocycles. The van der Waals surface area contributed by atoms with Crippen molar-refractivity contribution in [3.8, 4) is 5.75 Å². The van der Waals surface area contributed by atoms with Crippen molar-refractivity contribution in [2.75, 3.05) is 30.8 Å². The summed E-state index contributed by atoms with van der Waals surface area (Å²) in [6.45, 7) is 5.11. The molecule has 1 aliphatic heterocycles. The van der Waals surface area contributed by atoms with Crippen molar-refractivity contribution in [2.45, 2.75) is 45.3 Å². The lowest BCUT2D eigenvalue weighted by molar-refractivity contribution is -0.122. The van der Waals surface area contributed by atoms with Gasteiger partial charge in [0, 0.05) is 13.1 Å². The molecule has 0 bridgehead atoms. The van der Waals surface area contributed by atoms with Crippen molar-refractivity contribution in [1.82, 2.24) is 10.2 Å². The number of benzene rings is 2. The highest BCUT2D eigenvalue weighted by Gasteiger charge is 2.29. The summed E-state index contributed by atoms with van der Waals surface area (Å²) >= 11 is 0. The van der Waals surface area contributed by atoms with Crippen LogP contribution in [0.15, 0.2) is 48.5 Å². The van der Waals surface area contributed by atoms with Crippen molar-refractivity contribution in [2.24, 2.45) is 0 Å². The molecule has 1 amide bonds. The highest BCUT2D eigenvalue weighted by molar-refractivity contribution is 7.92. The monoisotopic (exact) mass is 459 g/mol. The number of carbonyl (C=O) groups is 1. The summed E-state index contributed by atoms with van der Waals surface area (Å²) in [7, 11) is -2.12. The van der Waals surface area contributed by atoms with Crippen LogP contribution >= 0.6 is 0 Å². The topological polar surface area (TPSA) is 79.0 Å². The van der Waals surface area contributed by atoms with Crippen LogP contribution in [0.1, 0.15) is 37.3 Å². The maximum absolute atomic E-state index is 12.9. The molecule has 32 heavy (non-hydrogen) atoms. The number of sulfonamides is 1. The molecule has 2 aromatic rings. The van der Waals surface area contributed by atoms with Crippen LogP contribution in [-0.4, -0.2) is 51.7 Å². The second-order valence-corrected chi connectivity index (χ2v) is 10.2. The fraction of sp³-hybridized carbons (Fsp3) is 0.458. The third-order valence-electron chi connectivity index (χ3n) is 5.73. The molecule has 0 unspecified atom stereocenters. The van der Waals surface area contributed by atoms with E-state index in [0.29, 0.717) is 18.0 Å². The molecule has 7 nitrogen and oxygen atoms in total. The molecule has 174 valence electrons. The van der Waals surface area contributed by atoms with Crippen LogP contribution in [0.25, 0.3) is 0 Å². The minimum atomic E-state index is -3.66. The zero-order chi connectivity index (χ0) is 23.1. The van der Waals surface area contributed by atoms with Gasteiger partial charge in [-0.05, 0) is 68.2 Å². The first kappa shape index (κ1) is 24.1. The minimum Gasteiger partial charge on any atom is -0.497 e. The van der Waals surface area contributed by atoms with Gasteiger partial charge in [0.2, 0.25) is 15.9 Å². The summed E-state index contributed by atoms with van der Waals surface area (Å²) in [6.07, 6.45) is 4.91.